The van der Waals surface area contributed by atoms with Crippen LogP contribution in [0.25, 0.3) is 0 Å². The van der Waals surface area contributed by atoms with E-state index in [4.69, 9.17) is 4.74 Å². The normalized spacial score (nSPS) is 14.7. The molecule has 1 saturated heterocycles. The molecule has 0 bridgehead atoms. The number of benzene rings is 2. The van der Waals surface area contributed by atoms with E-state index in [1.807, 2.05) is 12.1 Å². The van der Waals surface area contributed by atoms with E-state index < -0.39 is 10.5 Å². The van der Waals surface area contributed by atoms with Crippen LogP contribution in [-0.2, 0) is 20.7 Å². The lowest BCUT2D eigenvalue weighted by Crippen LogP contribution is -2.39. The lowest BCUT2D eigenvalue weighted by molar-refractivity contribution is 0.0376. The predicted octanol–water partition coefficient (Wildman–Crippen LogP) is 4.05. The molecule has 2 aromatic rings. The number of rotatable bonds is 7. The van der Waals surface area contributed by atoms with Crippen LogP contribution in [-0.4, -0.2) is 58.6 Å². The number of nitrogens with zero attached hydrogens (tertiary/aromatic N) is 3. The van der Waals surface area contributed by atoms with Crippen molar-refractivity contribution >= 4 is 27.8 Å². The minimum Gasteiger partial charge on any atom is -0.379 e. The maximum Gasteiger partial charge on any atom is 0.316 e. The molecule has 0 N–H and O–H groups in total. The van der Waals surface area contributed by atoms with Crippen LogP contribution >= 0.6 is 0 Å². The average molecular weight is 458 g/mol. The Hall–Kier alpha value is -2.55. The summed E-state index contributed by atoms with van der Waals surface area (Å²) in [7, 11) is -2.52. The Labute approximate surface area is 191 Å². The number of carbonyl (C=O) groups excluding carboxylic acids is 1. The summed E-state index contributed by atoms with van der Waals surface area (Å²) in [6, 6.07) is 14.5. The fourth-order valence-electron chi connectivity index (χ4n) is 3.67. The van der Waals surface area contributed by atoms with Crippen molar-refractivity contribution in [2.24, 2.45) is 4.36 Å². The van der Waals surface area contributed by atoms with Gasteiger partial charge in [-0.1, -0.05) is 32.9 Å². The van der Waals surface area contributed by atoms with Crippen molar-refractivity contribution in [2.45, 2.75) is 32.6 Å². The highest BCUT2D eigenvalue weighted by atomic mass is 32.2. The summed E-state index contributed by atoms with van der Waals surface area (Å²) in [5, 5.41) is 0. The number of carbonyl (C=O) groups is 1. The van der Waals surface area contributed by atoms with Crippen molar-refractivity contribution < 1.29 is 17.9 Å². The van der Waals surface area contributed by atoms with Crippen molar-refractivity contribution in [1.29, 1.82) is 0 Å². The van der Waals surface area contributed by atoms with Gasteiger partial charge in [0.2, 0.25) is 0 Å². The summed E-state index contributed by atoms with van der Waals surface area (Å²) in [6.07, 6.45) is 0.843. The minimum atomic E-state index is -2.52. The maximum atomic E-state index is 13.4. The summed E-state index contributed by atoms with van der Waals surface area (Å²) in [4.78, 5) is 17.5. The molecule has 0 unspecified atom stereocenters. The average Bonchev–Trinajstić information content (AvgIpc) is 2.77. The predicted molar refractivity (Wildman–Crippen MR) is 126 cm³/mol. The highest BCUT2D eigenvalue weighted by Crippen LogP contribution is 2.26. The summed E-state index contributed by atoms with van der Waals surface area (Å²) in [5.74, 6) is -0.120. The molecule has 0 spiro atoms. The molecule has 0 aliphatic carbocycles. The van der Waals surface area contributed by atoms with E-state index in [2.05, 4.69) is 42.2 Å². The number of amides is 1. The van der Waals surface area contributed by atoms with Crippen molar-refractivity contribution in [2.75, 3.05) is 44.3 Å². The van der Waals surface area contributed by atoms with Gasteiger partial charge in [0.25, 0.3) is 5.91 Å². The van der Waals surface area contributed by atoms with Gasteiger partial charge >= 0.3 is 10.5 Å². The van der Waals surface area contributed by atoms with Gasteiger partial charge in [0.1, 0.15) is 0 Å². The zero-order valence-electron chi connectivity index (χ0n) is 19.0. The van der Waals surface area contributed by atoms with Crippen LogP contribution in [0.3, 0.4) is 0 Å². The van der Waals surface area contributed by atoms with Gasteiger partial charge in [0.05, 0.1) is 18.9 Å². The van der Waals surface area contributed by atoms with Gasteiger partial charge in [-0.25, -0.2) is 0 Å². The highest BCUT2D eigenvalue weighted by molar-refractivity contribution is 7.61. The molecule has 0 aromatic heterocycles. The minimum absolute atomic E-state index is 0.0324. The van der Waals surface area contributed by atoms with E-state index in [0.29, 0.717) is 17.8 Å². The van der Waals surface area contributed by atoms with Gasteiger partial charge in [-0.2, -0.15) is 8.42 Å². The summed E-state index contributed by atoms with van der Waals surface area (Å²) >= 11 is 0. The molecule has 1 heterocycles. The third-order valence-corrected chi connectivity index (χ3v) is 5.90. The Kier molecular flexibility index (Phi) is 8.17. The molecule has 1 fully saturated rings. The zero-order chi connectivity index (χ0) is 23.1. The van der Waals surface area contributed by atoms with Gasteiger partial charge in [-0.15, -0.1) is 4.36 Å². The van der Waals surface area contributed by atoms with Crippen LogP contribution in [0.2, 0.25) is 0 Å². The van der Waals surface area contributed by atoms with E-state index in [0.717, 1.165) is 45.0 Å². The molecule has 172 valence electrons. The lowest BCUT2D eigenvalue weighted by atomic mass is 9.87. The Morgan fingerprint density at radius 3 is 2.22 bits per heavy atom. The Bertz CT molecular complexity index is 1030. The second-order valence-corrected chi connectivity index (χ2v) is 9.53. The van der Waals surface area contributed by atoms with Crippen LogP contribution < -0.4 is 4.90 Å². The molecule has 1 aliphatic heterocycles. The second-order valence-electron chi connectivity index (χ2n) is 8.92. The van der Waals surface area contributed by atoms with Crippen molar-refractivity contribution in [1.82, 2.24) is 4.90 Å². The molecule has 3 rings (SSSR count). The fourth-order valence-corrected chi connectivity index (χ4v) is 3.97. The molecule has 7 nitrogen and oxygen atoms in total. The van der Waals surface area contributed by atoms with Crippen LogP contribution in [0.5, 0.6) is 0 Å². The molecule has 1 aliphatic rings. The molecule has 8 heteroatoms. The summed E-state index contributed by atoms with van der Waals surface area (Å²) < 4.78 is 30.4. The van der Waals surface area contributed by atoms with E-state index >= 15 is 0 Å². The van der Waals surface area contributed by atoms with Crippen LogP contribution in [0, 0.1) is 0 Å². The van der Waals surface area contributed by atoms with Gasteiger partial charge in [0, 0.05) is 37.4 Å². The molecule has 0 saturated carbocycles. The van der Waals surface area contributed by atoms with Crippen LogP contribution in [0.1, 0.15) is 43.1 Å². The molecule has 2 aromatic carbocycles. The van der Waals surface area contributed by atoms with E-state index in [1.54, 1.807) is 17.0 Å². The Morgan fingerprint density at radius 2 is 1.66 bits per heavy atom. The van der Waals surface area contributed by atoms with Crippen molar-refractivity contribution in [3.63, 3.8) is 0 Å². The largest absolute Gasteiger partial charge is 0.379 e. The SMILES string of the molecule is CC(C)(C)c1ccc(N(CCCN2CCOCC2)C(=O)c2ccc(N=S(=O)=O)cc2)cc1. The maximum absolute atomic E-state index is 13.4. The van der Waals surface area contributed by atoms with Gasteiger partial charge in [-0.05, 0) is 53.8 Å². The molecular weight excluding hydrogens is 426 g/mol. The van der Waals surface area contributed by atoms with Crippen LogP contribution in [0.15, 0.2) is 52.9 Å². The van der Waals surface area contributed by atoms with Gasteiger partial charge in [0.15, 0.2) is 0 Å². The molecule has 0 radical (unpaired) electrons. The quantitative estimate of drug-likeness (QED) is 0.627. The molecular formula is C24H31N3O4S. The monoisotopic (exact) mass is 457 g/mol. The lowest BCUT2D eigenvalue weighted by Gasteiger charge is -2.29. The summed E-state index contributed by atoms with van der Waals surface area (Å²) in [5.41, 5.74) is 2.87. The highest BCUT2D eigenvalue weighted by Gasteiger charge is 2.20. The number of anilines is 1. The fraction of sp³-hybridized carbons (Fsp3) is 0.458. The third kappa shape index (κ3) is 6.72. The Morgan fingerprint density at radius 1 is 1.03 bits per heavy atom. The Balaban J connectivity index is 1.80. The summed E-state index contributed by atoms with van der Waals surface area (Å²) in [6.45, 7) is 11.3. The number of hydrogen-bond acceptors (Lipinski definition) is 6. The topological polar surface area (TPSA) is 79.3 Å². The first-order valence-electron chi connectivity index (χ1n) is 10.9. The molecule has 1 amide bonds. The number of hydrogen-bond donors (Lipinski definition) is 0. The first-order valence-corrected chi connectivity index (χ1v) is 11.9. The standard InChI is InChI=1S/C24H31N3O4S/c1-24(2,3)20-7-11-22(12-8-20)27(14-4-13-26-15-17-31-18-16-26)23(28)19-5-9-21(10-6-19)25-32(29)30/h5-12H,4,13-18H2,1-3H3. The first-order chi connectivity index (χ1) is 15.2. The van der Waals surface area contributed by atoms with Crippen LogP contribution in [0.4, 0.5) is 11.4 Å². The molecule has 0 atom stereocenters. The number of ether oxygens (including phenoxy) is 1. The number of morpholine rings is 1. The zero-order valence-corrected chi connectivity index (χ0v) is 19.8. The van der Waals surface area contributed by atoms with E-state index in [1.165, 1.54) is 17.7 Å². The van der Waals surface area contributed by atoms with Crippen molar-refractivity contribution in [3.05, 3.63) is 59.7 Å². The van der Waals surface area contributed by atoms with Crippen molar-refractivity contribution in [3.8, 4) is 0 Å². The third-order valence-electron chi connectivity index (χ3n) is 5.54. The first kappa shape index (κ1) is 24.1. The van der Waals surface area contributed by atoms with E-state index in [9.17, 15) is 13.2 Å². The van der Waals surface area contributed by atoms with E-state index in [-0.39, 0.29) is 11.3 Å². The molecule has 32 heavy (non-hydrogen) atoms. The van der Waals surface area contributed by atoms with Gasteiger partial charge in [-0.3, -0.25) is 9.69 Å². The smallest absolute Gasteiger partial charge is 0.316 e. The second kappa shape index (κ2) is 10.8. The van der Waals surface area contributed by atoms with Gasteiger partial charge < -0.3 is 9.64 Å².